The van der Waals surface area contributed by atoms with E-state index in [-0.39, 0.29) is 18.4 Å². The van der Waals surface area contributed by atoms with Crippen LogP contribution in [0, 0.1) is 0 Å². The first-order valence-corrected chi connectivity index (χ1v) is 5.87. The van der Waals surface area contributed by atoms with Gasteiger partial charge >= 0.3 is 11.9 Å². The summed E-state index contributed by atoms with van der Waals surface area (Å²) in [4.78, 5) is 47.0. The van der Waals surface area contributed by atoms with Crippen molar-refractivity contribution in [3.05, 3.63) is 28.0 Å². The van der Waals surface area contributed by atoms with Crippen LogP contribution < -0.4 is 10.9 Å². The summed E-state index contributed by atoms with van der Waals surface area (Å²) in [5.41, 5.74) is -0.901. The number of hydrogen-bond acceptors (Lipinski definition) is 6. The van der Waals surface area contributed by atoms with Crippen LogP contribution in [-0.4, -0.2) is 46.2 Å². The van der Waals surface area contributed by atoms with Crippen LogP contribution in [0.3, 0.4) is 0 Å². The zero-order valence-electron chi connectivity index (χ0n) is 11.1. The number of nitrogens with one attached hydrogen (secondary N) is 2. The summed E-state index contributed by atoms with van der Waals surface area (Å²) in [5, 5.41) is 20.3. The lowest BCUT2D eigenvalue weighted by molar-refractivity contribution is -0.142. The van der Waals surface area contributed by atoms with Gasteiger partial charge in [-0.2, -0.15) is 0 Å². The molecule has 1 atom stereocenters. The molecular weight excluding hydrogens is 284 g/mol. The Hall–Kier alpha value is -2.84. The number of aliphatic carboxylic acids is 1. The Kier molecular flexibility index (Phi) is 5.47. The van der Waals surface area contributed by atoms with E-state index in [0.717, 1.165) is 19.2 Å². The van der Waals surface area contributed by atoms with Gasteiger partial charge < -0.3 is 20.3 Å². The summed E-state index contributed by atoms with van der Waals surface area (Å²) >= 11 is 0. The minimum atomic E-state index is -1.33. The van der Waals surface area contributed by atoms with E-state index in [4.69, 9.17) is 5.11 Å². The molecule has 9 heteroatoms. The van der Waals surface area contributed by atoms with E-state index in [1.54, 1.807) is 0 Å². The predicted molar refractivity (Wildman–Crippen MR) is 68.9 cm³/mol. The third-order valence-electron chi connectivity index (χ3n) is 2.56. The molecule has 1 heterocycles. The molecule has 1 aromatic heterocycles. The molecule has 0 fully saturated rings. The monoisotopic (exact) mass is 298 g/mol. The van der Waals surface area contributed by atoms with Crippen LogP contribution in [0.4, 0.5) is 0 Å². The van der Waals surface area contributed by atoms with Crippen molar-refractivity contribution in [1.82, 2.24) is 10.3 Å². The Morgan fingerprint density at radius 3 is 2.57 bits per heavy atom. The molecule has 0 aliphatic heterocycles. The fraction of sp³-hybridized carbons (Fsp3) is 0.333. The van der Waals surface area contributed by atoms with Crippen LogP contribution in [0.25, 0.3) is 0 Å². The van der Waals surface area contributed by atoms with E-state index in [9.17, 15) is 24.3 Å². The molecule has 21 heavy (non-hydrogen) atoms. The number of aromatic amines is 1. The fourth-order valence-electron chi connectivity index (χ4n) is 1.52. The lowest BCUT2D eigenvalue weighted by Crippen LogP contribution is -2.41. The molecule has 0 aliphatic carbocycles. The van der Waals surface area contributed by atoms with Crippen LogP contribution in [0.5, 0.6) is 5.88 Å². The summed E-state index contributed by atoms with van der Waals surface area (Å²) in [7, 11) is 1.16. The molecule has 1 aromatic rings. The number of carboxylic acid groups (broad SMARTS) is 1. The van der Waals surface area contributed by atoms with E-state index in [1.807, 2.05) is 4.98 Å². The van der Waals surface area contributed by atoms with Gasteiger partial charge in [-0.3, -0.25) is 19.4 Å². The first-order chi connectivity index (χ1) is 9.83. The second kappa shape index (κ2) is 7.08. The Bertz CT molecular complexity index is 608. The van der Waals surface area contributed by atoms with Crippen LogP contribution in [-0.2, 0) is 14.3 Å². The highest BCUT2D eigenvalue weighted by Gasteiger charge is 2.22. The number of methoxy groups -OCH3 is 1. The highest BCUT2D eigenvalue weighted by Crippen LogP contribution is 2.06. The summed E-state index contributed by atoms with van der Waals surface area (Å²) < 4.78 is 4.38. The van der Waals surface area contributed by atoms with Crippen LogP contribution in [0.15, 0.2) is 16.9 Å². The smallest absolute Gasteiger partial charge is 0.326 e. The topological polar surface area (TPSA) is 146 Å². The maximum atomic E-state index is 11.8. The third kappa shape index (κ3) is 4.97. The molecule has 0 saturated heterocycles. The minimum Gasteiger partial charge on any atom is -0.494 e. The highest BCUT2D eigenvalue weighted by atomic mass is 16.5. The molecule has 0 saturated carbocycles. The maximum Gasteiger partial charge on any atom is 0.326 e. The van der Waals surface area contributed by atoms with E-state index in [2.05, 4.69) is 10.1 Å². The van der Waals surface area contributed by atoms with Gasteiger partial charge in [0.05, 0.1) is 12.7 Å². The number of carbonyl (C=O) groups is 3. The van der Waals surface area contributed by atoms with Gasteiger partial charge in [-0.25, -0.2) is 4.79 Å². The number of rotatable bonds is 6. The molecule has 0 bridgehead atoms. The van der Waals surface area contributed by atoms with Gasteiger partial charge in [0.25, 0.3) is 11.5 Å². The summed E-state index contributed by atoms with van der Waals surface area (Å²) in [6.07, 6.45) is -0.350. The standard InChI is InChI=1S/C12H14N2O7/c1-21-10(17)3-2-7(12(19)20)13-11(18)6-4-8(15)14-9(16)5-6/h4-5,7H,2-3H2,1H3,(H,13,18)(H,19,20)(H2,14,15,16)/t7-/m1/s1. The van der Waals surface area contributed by atoms with Crippen molar-refractivity contribution in [3.63, 3.8) is 0 Å². The minimum absolute atomic E-state index is 0.164. The second-order valence-electron chi connectivity index (χ2n) is 4.10. The molecule has 4 N–H and O–H groups in total. The van der Waals surface area contributed by atoms with E-state index < -0.39 is 35.3 Å². The lowest BCUT2D eigenvalue weighted by Gasteiger charge is -2.13. The zero-order valence-corrected chi connectivity index (χ0v) is 11.1. The molecule has 9 nitrogen and oxygen atoms in total. The predicted octanol–water partition coefficient (Wildman–Crippen LogP) is -0.783. The van der Waals surface area contributed by atoms with Gasteiger partial charge in [0, 0.05) is 18.6 Å². The molecule has 0 aliphatic rings. The van der Waals surface area contributed by atoms with Gasteiger partial charge in [-0.15, -0.1) is 0 Å². The van der Waals surface area contributed by atoms with Crippen LogP contribution >= 0.6 is 0 Å². The summed E-state index contributed by atoms with van der Waals surface area (Å²) in [5.74, 6) is -3.31. The molecule has 1 amide bonds. The van der Waals surface area contributed by atoms with Crippen LogP contribution in [0.1, 0.15) is 23.2 Å². The first-order valence-electron chi connectivity index (χ1n) is 5.87. The van der Waals surface area contributed by atoms with Gasteiger partial charge in [0.1, 0.15) is 6.04 Å². The third-order valence-corrected chi connectivity index (χ3v) is 2.56. The number of hydrogen-bond donors (Lipinski definition) is 4. The molecular formula is C12H14N2O7. The van der Waals surface area contributed by atoms with Gasteiger partial charge in [-0.1, -0.05) is 0 Å². The van der Waals surface area contributed by atoms with Crippen molar-refractivity contribution in [1.29, 1.82) is 0 Å². The van der Waals surface area contributed by atoms with E-state index in [0.29, 0.717) is 0 Å². The Morgan fingerprint density at radius 2 is 2.05 bits per heavy atom. The fourth-order valence-corrected chi connectivity index (χ4v) is 1.52. The number of carboxylic acids is 1. The SMILES string of the molecule is COC(=O)CC[C@@H](NC(=O)c1cc(O)[nH]c(=O)c1)C(=O)O. The molecule has 114 valence electrons. The van der Waals surface area contributed by atoms with Crippen molar-refractivity contribution in [3.8, 4) is 5.88 Å². The Labute approximate surface area is 118 Å². The Balaban J connectivity index is 2.78. The number of aromatic hydroxyl groups is 1. The highest BCUT2D eigenvalue weighted by molar-refractivity contribution is 5.96. The van der Waals surface area contributed by atoms with Crippen molar-refractivity contribution in [2.24, 2.45) is 0 Å². The number of carbonyl (C=O) groups excluding carboxylic acids is 2. The second-order valence-corrected chi connectivity index (χ2v) is 4.10. The van der Waals surface area contributed by atoms with Gasteiger partial charge in [-0.05, 0) is 6.42 Å². The van der Waals surface area contributed by atoms with Crippen LogP contribution in [0.2, 0.25) is 0 Å². The zero-order chi connectivity index (χ0) is 16.0. The van der Waals surface area contributed by atoms with Gasteiger partial charge in [0.2, 0.25) is 0 Å². The van der Waals surface area contributed by atoms with Crippen molar-refractivity contribution in [2.45, 2.75) is 18.9 Å². The maximum absolute atomic E-state index is 11.8. The summed E-state index contributed by atoms with van der Waals surface area (Å²) in [6.45, 7) is 0. The molecule has 0 aromatic carbocycles. The summed E-state index contributed by atoms with van der Waals surface area (Å²) in [6, 6.07) is 0.572. The van der Waals surface area contributed by atoms with Crippen molar-refractivity contribution < 1.29 is 29.3 Å². The first kappa shape index (κ1) is 16.2. The number of ether oxygens (including phenoxy) is 1. The number of pyridine rings is 1. The number of amides is 1. The molecule has 0 unspecified atom stereocenters. The molecule has 0 spiro atoms. The molecule has 1 rings (SSSR count). The van der Waals surface area contributed by atoms with E-state index in [1.165, 1.54) is 0 Å². The van der Waals surface area contributed by atoms with E-state index >= 15 is 0 Å². The quantitative estimate of drug-likeness (QED) is 0.504. The Morgan fingerprint density at radius 1 is 1.38 bits per heavy atom. The van der Waals surface area contributed by atoms with Crippen molar-refractivity contribution in [2.75, 3.05) is 7.11 Å². The number of esters is 1. The number of H-pyrrole nitrogens is 1. The number of aromatic nitrogens is 1. The normalized spacial score (nSPS) is 11.5. The van der Waals surface area contributed by atoms with Crippen molar-refractivity contribution >= 4 is 17.8 Å². The lowest BCUT2D eigenvalue weighted by atomic mass is 10.1. The average Bonchev–Trinajstić information content (AvgIpc) is 2.41. The molecule has 0 radical (unpaired) electrons. The largest absolute Gasteiger partial charge is 0.494 e. The van der Waals surface area contributed by atoms with Gasteiger partial charge in [0.15, 0.2) is 5.88 Å². The average molecular weight is 298 g/mol.